The molecule has 0 N–H and O–H groups in total. The fraction of sp³-hybridized carbons (Fsp3) is 0. The highest BCUT2D eigenvalue weighted by atomic mass is 35.9. The van der Waals surface area contributed by atoms with E-state index in [1.54, 1.807) is 0 Å². The molecule has 0 saturated heterocycles. The maximum atomic E-state index is 4.74. The summed E-state index contributed by atoms with van der Waals surface area (Å²) in [7, 11) is 0.361. The van der Waals surface area contributed by atoms with E-state index in [2.05, 4.69) is 0 Å². The Labute approximate surface area is 44.7 Å². The summed E-state index contributed by atoms with van der Waals surface area (Å²) in [4.78, 5) is 0. The quantitative estimate of drug-likeness (QED) is 0.480. The first-order valence-electron chi connectivity index (χ1n) is 0.338. The number of rotatable bonds is 0. The van der Waals surface area contributed by atoms with Crippen LogP contribution in [0.25, 0.3) is 0 Å². The van der Waals surface area contributed by atoms with E-state index >= 15 is 0 Å². The van der Waals surface area contributed by atoms with Crippen LogP contribution >= 0.6 is 29.8 Å². The Kier molecular flexibility index (Phi) is 201. The molecule has 43 valence electrons. The zero-order valence-electron chi connectivity index (χ0n) is 2.43. The van der Waals surface area contributed by atoms with Crippen LogP contribution in [0.3, 0.4) is 0 Å². The topological polar surface area (TPSA) is 0 Å². The van der Waals surface area contributed by atoms with Crippen LogP contribution < -0.4 is 0 Å². The molecule has 0 rings (SSSR count). The first-order valence-corrected chi connectivity index (χ1v) is 3.04. The Bertz CT molecular complexity index is 8.75. The van der Waals surface area contributed by atoms with Gasteiger partial charge in [0.25, 0.3) is 0 Å². The normalized spacial score (nSPS) is 3.00. The molecular formula is H3Cl2F3P. The average Bonchev–Trinajstić information content (AvgIpc) is 0.918. The van der Waals surface area contributed by atoms with E-state index in [0.29, 0.717) is 7.29 Å². The molecule has 6 heavy (non-hydrogen) atoms. The van der Waals surface area contributed by atoms with Crippen LogP contribution in [0.1, 0.15) is 0 Å². The molecule has 0 fully saturated rings. The molecule has 0 amide bonds. The lowest BCUT2D eigenvalue weighted by atomic mass is 19.0. The van der Waals surface area contributed by atoms with Gasteiger partial charge < -0.3 is 0 Å². The number of hydrogen-bond donors (Lipinski definition) is 0. The molecule has 0 spiro atoms. The Hall–Kier alpha value is 0.800. The molecule has 0 nitrogen and oxygen atoms in total. The molecular weight excluding hydrogens is 159 g/mol. The van der Waals surface area contributed by atoms with E-state index < -0.39 is 0 Å². The van der Waals surface area contributed by atoms with E-state index in [0.717, 1.165) is 0 Å². The molecule has 0 aromatic rings. The minimum absolute atomic E-state index is 0. The molecule has 0 unspecified atom stereocenters. The third kappa shape index (κ3) is 108. The highest BCUT2D eigenvalue weighted by molar-refractivity contribution is 7.90. The smallest absolute Gasteiger partial charge is 0.141 e. The summed E-state index contributed by atoms with van der Waals surface area (Å²) >= 11 is 9.47. The van der Waals surface area contributed by atoms with E-state index in [1.165, 1.54) is 0 Å². The van der Waals surface area contributed by atoms with Gasteiger partial charge in [-0.1, -0.05) is 22.5 Å². The highest BCUT2D eigenvalue weighted by Gasteiger charge is 1.45. The summed E-state index contributed by atoms with van der Waals surface area (Å²) < 4.78 is 0. The van der Waals surface area contributed by atoms with Crippen LogP contribution in [0.2, 0.25) is 0 Å². The van der Waals surface area contributed by atoms with Crippen molar-refractivity contribution in [3.63, 3.8) is 0 Å². The van der Waals surface area contributed by atoms with Crippen molar-refractivity contribution in [2.45, 2.75) is 0 Å². The third-order valence-electron chi connectivity index (χ3n) is 0. The minimum atomic E-state index is 0. The molecule has 0 saturated carbocycles. The van der Waals surface area contributed by atoms with E-state index in [9.17, 15) is 0 Å². The van der Waals surface area contributed by atoms with E-state index in [1.807, 2.05) is 0 Å². The molecule has 0 aromatic heterocycles. The molecule has 0 atom stereocenters. The molecule has 6 heteroatoms. The summed E-state index contributed by atoms with van der Waals surface area (Å²) in [5.74, 6) is 0. The first kappa shape index (κ1) is 29.2. The van der Waals surface area contributed by atoms with Crippen molar-refractivity contribution >= 4 is 29.8 Å². The minimum Gasteiger partial charge on any atom is -0.269 e. The maximum absolute atomic E-state index is 4.74. The Morgan fingerprint density at radius 3 is 0.833 bits per heavy atom. The fourth-order valence-corrected chi connectivity index (χ4v) is 0. The second-order valence-electron chi connectivity index (χ2n) is 0.0639. The van der Waals surface area contributed by atoms with Crippen molar-refractivity contribution in [3.05, 3.63) is 0 Å². The molecule has 0 aromatic carbocycles. The summed E-state index contributed by atoms with van der Waals surface area (Å²) in [6.45, 7) is 0. The molecule has 0 aliphatic carbocycles. The van der Waals surface area contributed by atoms with Crippen molar-refractivity contribution in [1.82, 2.24) is 0 Å². The summed E-state index contributed by atoms with van der Waals surface area (Å²) in [5, 5.41) is 0. The molecule has 0 heterocycles. The SMILES string of the molecule is Cl[P]Cl.F.F.F. The Morgan fingerprint density at radius 1 is 0.833 bits per heavy atom. The van der Waals surface area contributed by atoms with Crippen molar-refractivity contribution < 1.29 is 14.1 Å². The van der Waals surface area contributed by atoms with Crippen LogP contribution in [-0.4, -0.2) is 0 Å². The van der Waals surface area contributed by atoms with Gasteiger partial charge in [0.2, 0.25) is 0 Å². The second kappa shape index (κ2) is 41.2. The van der Waals surface area contributed by atoms with E-state index in [4.69, 9.17) is 22.5 Å². The predicted molar refractivity (Wildman–Crippen MR) is 26.1 cm³/mol. The lowest BCUT2D eigenvalue weighted by Crippen LogP contribution is -0.641. The third-order valence-corrected chi connectivity index (χ3v) is 0. The maximum Gasteiger partial charge on any atom is 0.141 e. The lowest BCUT2D eigenvalue weighted by Gasteiger charge is -1.38. The monoisotopic (exact) mass is 161 g/mol. The van der Waals surface area contributed by atoms with Crippen molar-refractivity contribution in [3.8, 4) is 0 Å². The number of halogens is 5. The zero-order valence-corrected chi connectivity index (χ0v) is 4.83. The van der Waals surface area contributed by atoms with Gasteiger partial charge in [0.05, 0.1) is 0 Å². The summed E-state index contributed by atoms with van der Waals surface area (Å²) in [6.07, 6.45) is 0. The van der Waals surface area contributed by atoms with Crippen LogP contribution in [0.4, 0.5) is 14.1 Å². The van der Waals surface area contributed by atoms with Crippen molar-refractivity contribution in [2.24, 2.45) is 0 Å². The molecule has 0 aliphatic heterocycles. The van der Waals surface area contributed by atoms with Gasteiger partial charge in [0, 0.05) is 0 Å². The van der Waals surface area contributed by atoms with Crippen LogP contribution in [0, 0.1) is 0 Å². The molecule has 0 bridgehead atoms. The second-order valence-corrected chi connectivity index (χ2v) is 1.72. The van der Waals surface area contributed by atoms with Crippen LogP contribution in [0.5, 0.6) is 0 Å². The van der Waals surface area contributed by atoms with Gasteiger partial charge in [-0.15, -0.1) is 0 Å². The standard InChI is InChI=1S/Cl2P.3FH/c1-3-2;;;/h;3*1H. The largest absolute Gasteiger partial charge is 0.269 e. The highest BCUT2D eigenvalue weighted by Crippen LogP contribution is 2.19. The van der Waals surface area contributed by atoms with Crippen molar-refractivity contribution in [1.29, 1.82) is 0 Å². The van der Waals surface area contributed by atoms with Crippen LogP contribution in [-0.2, 0) is 0 Å². The summed E-state index contributed by atoms with van der Waals surface area (Å²) in [6, 6.07) is 0. The molecule has 1 radical (unpaired) electrons. The zero-order chi connectivity index (χ0) is 2.71. The van der Waals surface area contributed by atoms with Crippen LogP contribution in [0.15, 0.2) is 0 Å². The number of hydrogen-bond acceptors (Lipinski definition) is 0. The molecule has 0 aliphatic rings. The van der Waals surface area contributed by atoms with Crippen molar-refractivity contribution in [2.75, 3.05) is 0 Å². The summed E-state index contributed by atoms with van der Waals surface area (Å²) in [5.41, 5.74) is 0. The van der Waals surface area contributed by atoms with Gasteiger partial charge in [-0.25, -0.2) is 0 Å². The Morgan fingerprint density at radius 2 is 0.833 bits per heavy atom. The first-order chi connectivity index (χ1) is 1.41. The fourth-order valence-electron chi connectivity index (χ4n) is 0. The lowest BCUT2D eigenvalue weighted by molar-refractivity contribution is 1.11. The predicted octanol–water partition coefficient (Wildman–Crippen LogP) is 2.70. The van der Waals surface area contributed by atoms with Gasteiger partial charge in [-0.2, -0.15) is 0 Å². The Balaban J connectivity index is -0.00000000667. The van der Waals surface area contributed by atoms with Gasteiger partial charge in [0.1, 0.15) is 7.29 Å². The van der Waals surface area contributed by atoms with Gasteiger partial charge in [-0.3, -0.25) is 14.1 Å². The average molecular weight is 162 g/mol. The van der Waals surface area contributed by atoms with Gasteiger partial charge >= 0.3 is 0 Å². The van der Waals surface area contributed by atoms with E-state index in [-0.39, 0.29) is 14.1 Å². The van der Waals surface area contributed by atoms with Gasteiger partial charge in [0.15, 0.2) is 0 Å². The van der Waals surface area contributed by atoms with Gasteiger partial charge in [-0.05, 0) is 0 Å².